The minimum Gasteiger partial charge on any atom is -0.326 e. The number of nitrogens with one attached hydrogen (secondary N) is 2. The summed E-state index contributed by atoms with van der Waals surface area (Å²) in [6, 6.07) is 14.8. The van der Waals surface area contributed by atoms with E-state index in [1.807, 2.05) is 12.1 Å². The van der Waals surface area contributed by atoms with Crippen LogP contribution >= 0.6 is 0 Å². The molecule has 1 saturated carbocycles. The first-order valence-electron chi connectivity index (χ1n) is 7.78. The molecular formula is C18H20N2O3S. The Balaban J connectivity index is 1.66. The van der Waals surface area contributed by atoms with Gasteiger partial charge in [-0.25, -0.2) is 8.42 Å². The van der Waals surface area contributed by atoms with Gasteiger partial charge >= 0.3 is 0 Å². The molecule has 0 saturated heterocycles. The number of anilines is 2. The van der Waals surface area contributed by atoms with Crippen LogP contribution in [-0.4, -0.2) is 20.6 Å². The van der Waals surface area contributed by atoms with Crippen LogP contribution in [0.5, 0.6) is 0 Å². The third-order valence-electron chi connectivity index (χ3n) is 4.15. The fourth-order valence-corrected chi connectivity index (χ4v) is 3.50. The monoisotopic (exact) mass is 344 g/mol. The standard InChI is InChI=1S/C18H20N2O3S/c1-12-6-3-4-9-15(12)16-11-17(16)18(21)19-13-7-5-8-14(10-13)20-24(2,22)23/h3-10,16-17,20H,11H2,1-2H3,(H,19,21)/t16-,17-/m1/s1. The molecule has 0 radical (unpaired) electrons. The second-order valence-electron chi connectivity index (χ2n) is 6.25. The highest BCUT2D eigenvalue weighted by Crippen LogP contribution is 2.48. The molecule has 0 unspecified atom stereocenters. The van der Waals surface area contributed by atoms with Gasteiger partial charge in [-0.3, -0.25) is 9.52 Å². The van der Waals surface area contributed by atoms with Gasteiger partial charge in [0, 0.05) is 11.6 Å². The fourth-order valence-electron chi connectivity index (χ4n) is 2.94. The van der Waals surface area contributed by atoms with E-state index >= 15 is 0 Å². The van der Waals surface area contributed by atoms with Crippen molar-refractivity contribution in [3.8, 4) is 0 Å². The van der Waals surface area contributed by atoms with E-state index in [4.69, 9.17) is 0 Å². The molecule has 126 valence electrons. The summed E-state index contributed by atoms with van der Waals surface area (Å²) in [6.45, 7) is 2.06. The van der Waals surface area contributed by atoms with Gasteiger partial charge in [0.15, 0.2) is 0 Å². The molecule has 0 aliphatic heterocycles. The quantitative estimate of drug-likeness (QED) is 0.875. The van der Waals surface area contributed by atoms with Gasteiger partial charge in [0.2, 0.25) is 15.9 Å². The Morgan fingerprint density at radius 1 is 1.08 bits per heavy atom. The summed E-state index contributed by atoms with van der Waals surface area (Å²) in [5.74, 6) is 0.209. The topological polar surface area (TPSA) is 75.3 Å². The van der Waals surface area contributed by atoms with Gasteiger partial charge in [-0.05, 0) is 48.6 Å². The van der Waals surface area contributed by atoms with Crippen LogP contribution in [0.1, 0.15) is 23.5 Å². The molecule has 2 aromatic rings. The third kappa shape index (κ3) is 3.94. The molecule has 1 fully saturated rings. The van der Waals surface area contributed by atoms with Crippen molar-refractivity contribution >= 4 is 27.3 Å². The summed E-state index contributed by atoms with van der Waals surface area (Å²) in [5.41, 5.74) is 3.45. The number of amides is 1. The van der Waals surface area contributed by atoms with E-state index in [-0.39, 0.29) is 17.7 Å². The van der Waals surface area contributed by atoms with Gasteiger partial charge in [0.1, 0.15) is 0 Å². The number of sulfonamides is 1. The van der Waals surface area contributed by atoms with E-state index in [2.05, 4.69) is 29.1 Å². The maximum Gasteiger partial charge on any atom is 0.229 e. The Morgan fingerprint density at radius 2 is 1.79 bits per heavy atom. The van der Waals surface area contributed by atoms with Gasteiger partial charge < -0.3 is 5.32 Å². The smallest absolute Gasteiger partial charge is 0.229 e. The van der Waals surface area contributed by atoms with Crippen LogP contribution in [0.4, 0.5) is 11.4 Å². The second kappa shape index (κ2) is 6.28. The number of hydrogen-bond donors (Lipinski definition) is 2. The van der Waals surface area contributed by atoms with Crippen LogP contribution < -0.4 is 10.0 Å². The lowest BCUT2D eigenvalue weighted by molar-refractivity contribution is -0.117. The van der Waals surface area contributed by atoms with Crippen molar-refractivity contribution in [3.63, 3.8) is 0 Å². The molecule has 0 spiro atoms. The van der Waals surface area contributed by atoms with Crippen molar-refractivity contribution in [1.82, 2.24) is 0 Å². The molecule has 1 aliphatic carbocycles. The summed E-state index contributed by atoms with van der Waals surface area (Å²) in [5, 5.41) is 2.88. The molecule has 1 aliphatic rings. The first kappa shape index (κ1) is 16.5. The van der Waals surface area contributed by atoms with Crippen molar-refractivity contribution in [1.29, 1.82) is 0 Å². The van der Waals surface area contributed by atoms with Crippen LogP contribution in [0.3, 0.4) is 0 Å². The summed E-state index contributed by atoms with van der Waals surface area (Å²) >= 11 is 0. The minimum atomic E-state index is -3.34. The average molecular weight is 344 g/mol. The van der Waals surface area contributed by atoms with Crippen molar-refractivity contribution in [2.45, 2.75) is 19.3 Å². The Kier molecular flexibility index (Phi) is 4.32. The highest BCUT2D eigenvalue weighted by molar-refractivity contribution is 7.92. The van der Waals surface area contributed by atoms with E-state index in [1.165, 1.54) is 11.1 Å². The van der Waals surface area contributed by atoms with Gasteiger partial charge in [0.05, 0.1) is 11.9 Å². The van der Waals surface area contributed by atoms with Crippen molar-refractivity contribution < 1.29 is 13.2 Å². The maximum absolute atomic E-state index is 12.4. The van der Waals surface area contributed by atoms with E-state index in [0.29, 0.717) is 11.4 Å². The zero-order valence-electron chi connectivity index (χ0n) is 13.6. The normalized spacial score (nSPS) is 19.6. The molecule has 0 aromatic heterocycles. The number of carbonyl (C=O) groups excluding carboxylic acids is 1. The first-order valence-corrected chi connectivity index (χ1v) is 9.67. The van der Waals surface area contributed by atoms with Crippen molar-refractivity contribution in [2.24, 2.45) is 5.92 Å². The lowest BCUT2D eigenvalue weighted by Gasteiger charge is -2.09. The number of hydrogen-bond acceptors (Lipinski definition) is 3. The van der Waals surface area contributed by atoms with Crippen LogP contribution in [-0.2, 0) is 14.8 Å². The predicted octanol–water partition coefficient (Wildman–Crippen LogP) is 3.11. The molecule has 2 aromatic carbocycles. The van der Waals surface area contributed by atoms with Crippen LogP contribution in [0.2, 0.25) is 0 Å². The zero-order chi connectivity index (χ0) is 17.3. The van der Waals surface area contributed by atoms with E-state index < -0.39 is 10.0 Å². The molecule has 1 amide bonds. The molecular weight excluding hydrogens is 324 g/mol. The Hall–Kier alpha value is -2.34. The van der Waals surface area contributed by atoms with Gasteiger partial charge in [-0.1, -0.05) is 30.3 Å². The number of rotatable bonds is 5. The SMILES string of the molecule is Cc1ccccc1[C@H]1C[C@H]1C(=O)Nc1cccc(NS(C)(=O)=O)c1. The molecule has 2 N–H and O–H groups in total. The van der Waals surface area contributed by atoms with E-state index in [0.717, 1.165) is 12.7 Å². The van der Waals surface area contributed by atoms with E-state index in [1.54, 1.807) is 24.3 Å². The van der Waals surface area contributed by atoms with Gasteiger partial charge in [-0.15, -0.1) is 0 Å². The molecule has 5 nitrogen and oxygen atoms in total. The van der Waals surface area contributed by atoms with Crippen LogP contribution in [0.15, 0.2) is 48.5 Å². The highest BCUT2D eigenvalue weighted by atomic mass is 32.2. The summed E-state index contributed by atoms with van der Waals surface area (Å²) in [7, 11) is -3.34. The Labute approximate surface area is 142 Å². The molecule has 6 heteroatoms. The van der Waals surface area contributed by atoms with Gasteiger partial charge in [-0.2, -0.15) is 0 Å². The fraction of sp³-hybridized carbons (Fsp3) is 0.278. The van der Waals surface area contributed by atoms with Crippen LogP contribution in [0, 0.1) is 12.8 Å². The predicted molar refractivity (Wildman–Crippen MR) is 95.6 cm³/mol. The zero-order valence-corrected chi connectivity index (χ0v) is 14.4. The van der Waals surface area contributed by atoms with Crippen molar-refractivity contribution in [3.05, 3.63) is 59.7 Å². The number of carbonyl (C=O) groups is 1. The lowest BCUT2D eigenvalue weighted by atomic mass is 10.0. The Morgan fingerprint density at radius 3 is 2.50 bits per heavy atom. The molecule has 2 atom stereocenters. The van der Waals surface area contributed by atoms with E-state index in [9.17, 15) is 13.2 Å². The average Bonchev–Trinajstić information content (AvgIpc) is 3.26. The summed E-state index contributed by atoms with van der Waals surface area (Å²) in [4.78, 5) is 12.4. The molecule has 0 bridgehead atoms. The lowest BCUT2D eigenvalue weighted by Crippen LogP contribution is -2.15. The summed E-state index contributed by atoms with van der Waals surface area (Å²) in [6.07, 6.45) is 1.94. The van der Waals surface area contributed by atoms with Gasteiger partial charge in [0.25, 0.3) is 0 Å². The van der Waals surface area contributed by atoms with Crippen LogP contribution in [0.25, 0.3) is 0 Å². The second-order valence-corrected chi connectivity index (χ2v) is 8.00. The minimum absolute atomic E-state index is 0.0280. The highest BCUT2D eigenvalue weighted by Gasteiger charge is 2.44. The number of aryl methyl sites for hydroxylation is 1. The first-order chi connectivity index (χ1) is 11.3. The molecule has 0 heterocycles. The largest absolute Gasteiger partial charge is 0.326 e. The maximum atomic E-state index is 12.4. The number of benzene rings is 2. The molecule has 3 rings (SSSR count). The Bertz CT molecular complexity index is 877. The third-order valence-corrected chi connectivity index (χ3v) is 4.75. The molecule has 24 heavy (non-hydrogen) atoms. The van der Waals surface area contributed by atoms with Crippen molar-refractivity contribution in [2.75, 3.05) is 16.3 Å². The summed E-state index contributed by atoms with van der Waals surface area (Å²) < 4.78 is 25.0.